The van der Waals surface area contributed by atoms with Crippen LogP contribution >= 0.6 is 24.0 Å². The Morgan fingerprint density at radius 1 is 1.21 bits per heavy atom. The van der Waals surface area contributed by atoms with Gasteiger partial charge in [-0.2, -0.15) is 13.2 Å². The van der Waals surface area contributed by atoms with Crippen molar-refractivity contribution in [1.82, 2.24) is 15.5 Å². The summed E-state index contributed by atoms with van der Waals surface area (Å²) in [5, 5.41) is 6.09. The van der Waals surface area contributed by atoms with Crippen LogP contribution in [0.3, 0.4) is 0 Å². The first-order chi connectivity index (χ1) is 12.7. The number of carbonyl (C=O) groups is 1. The zero-order chi connectivity index (χ0) is 20.3. The summed E-state index contributed by atoms with van der Waals surface area (Å²) in [6.45, 7) is 1.77. The summed E-state index contributed by atoms with van der Waals surface area (Å²) in [6, 6.07) is 7.04. The third kappa shape index (κ3) is 12.0. The summed E-state index contributed by atoms with van der Waals surface area (Å²) < 4.78 is 41.1. The number of rotatable bonds is 9. The molecule has 1 aromatic carbocycles. The topological polar surface area (TPSA) is 66.0 Å². The number of halogens is 4. The number of carbonyl (C=O) groups excluding carboxylic acids is 1. The van der Waals surface area contributed by atoms with Crippen LogP contribution in [0, 0.1) is 0 Å². The molecule has 0 radical (unpaired) electrons. The standard InChI is InChI=1S/C18H27F3N4O2.HI/c1-4-8-22-17(24-11-16(26)25(2)3)23-10-14-6-5-7-15(9-14)12-27-13-18(19,20)21;/h5-7,9H,4,8,10-13H2,1-3H3,(H2,22,23,24);1H. The van der Waals surface area contributed by atoms with E-state index in [-0.39, 0.29) is 43.0 Å². The van der Waals surface area contributed by atoms with Gasteiger partial charge in [-0.25, -0.2) is 4.99 Å². The number of nitrogens with zero attached hydrogens (tertiary/aromatic N) is 2. The summed E-state index contributed by atoms with van der Waals surface area (Å²) in [5.41, 5.74) is 1.48. The Kier molecular flexibility index (Phi) is 12.8. The molecule has 1 rings (SSSR count). The maximum atomic E-state index is 12.1. The van der Waals surface area contributed by atoms with E-state index in [4.69, 9.17) is 0 Å². The van der Waals surface area contributed by atoms with Gasteiger partial charge in [0.05, 0.1) is 19.7 Å². The Balaban J connectivity index is 0.00000729. The molecular weight excluding hydrogens is 488 g/mol. The maximum absolute atomic E-state index is 12.1. The molecule has 0 aromatic heterocycles. The minimum absolute atomic E-state index is 0. The molecule has 0 saturated carbocycles. The molecule has 160 valence electrons. The van der Waals surface area contributed by atoms with Gasteiger partial charge in [0.2, 0.25) is 5.91 Å². The van der Waals surface area contributed by atoms with E-state index in [1.165, 1.54) is 4.90 Å². The number of benzene rings is 1. The fraction of sp³-hybridized carbons (Fsp3) is 0.556. The molecule has 1 amide bonds. The number of nitrogens with one attached hydrogen (secondary N) is 2. The molecule has 6 nitrogen and oxygen atoms in total. The number of guanidine groups is 1. The van der Waals surface area contributed by atoms with Gasteiger partial charge in [-0.3, -0.25) is 4.79 Å². The Morgan fingerprint density at radius 3 is 2.50 bits per heavy atom. The fourth-order valence-corrected chi connectivity index (χ4v) is 2.01. The number of hydrogen-bond acceptors (Lipinski definition) is 3. The summed E-state index contributed by atoms with van der Waals surface area (Å²) in [6.07, 6.45) is -3.44. The van der Waals surface area contributed by atoms with Crippen LogP contribution in [0.4, 0.5) is 13.2 Å². The van der Waals surface area contributed by atoms with Gasteiger partial charge in [0, 0.05) is 20.6 Å². The van der Waals surface area contributed by atoms with Crippen LogP contribution in [0.25, 0.3) is 0 Å². The van der Waals surface area contributed by atoms with Crippen LogP contribution in [0.5, 0.6) is 0 Å². The SMILES string of the molecule is CCCNC(=NCc1cccc(COCC(F)(F)F)c1)NCC(=O)N(C)C.I. The summed E-state index contributed by atoms with van der Waals surface area (Å²) in [5.74, 6) is 0.426. The number of aliphatic imine (C=N–C) groups is 1. The number of amides is 1. The van der Waals surface area contributed by atoms with Crippen molar-refractivity contribution in [3.05, 3.63) is 35.4 Å². The van der Waals surface area contributed by atoms with E-state index in [9.17, 15) is 18.0 Å². The first-order valence-electron chi connectivity index (χ1n) is 8.66. The molecular formula is C18H28F3IN4O2. The van der Waals surface area contributed by atoms with Crippen LogP contribution in [0.1, 0.15) is 24.5 Å². The molecule has 10 heteroatoms. The van der Waals surface area contributed by atoms with E-state index in [1.54, 1.807) is 32.3 Å². The zero-order valence-corrected chi connectivity index (χ0v) is 18.6. The van der Waals surface area contributed by atoms with Crippen molar-refractivity contribution >= 4 is 35.8 Å². The largest absolute Gasteiger partial charge is 0.411 e. The molecule has 0 atom stereocenters. The predicted molar refractivity (Wildman–Crippen MR) is 114 cm³/mol. The number of likely N-dealkylation sites (N-methyl/N-ethyl adjacent to an activating group) is 1. The summed E-state index contributed by atoms with van der Waals surface area (Å²) in [4.78, 5) is 17.6. The number of alkyl halides is 3. The monoisotopic (exact) mass is 516 g/mol. The molecule has 1 aromatic rings. The molecule has 0 spiro atoms. The van der Waals surface area contributed by atoms with Crippen LogP contribution < -0.4 is 10.6 Å². The molecule has 0 unspecified atom stereocenters. The lowest BCUT2D eigenvalue weighted by atomic mass is 10.1. The molecule has 0 aliphatic rings. The van der Waals surface area contributed by atoms with Gasteiger partial charge in [0.15, 0.2) is 5.96 Å². The van der Waals surface area contributed by atoms with E-state index in [0.717, 1.165) is 12.0 Å². The Morgan fingerprint density at radius 2 is 1.89 bits per heavy atom. The van der Waals surface area contributed by atoms with Crippen molar-refractivity contribution in [2.45, 2.75) is 32.7 Å². The highest BCUT2D eigenvalue weighted by Crippen LogP contribution is 2.16. The molecule has 0 aliphatic heterocycles. The normalized spacial score (nSPS) is 11.6. The predicted octanol–water partition coefficient (Wildman–Crippen LogP) is 2.92. The molecule has 0 aliphatic carbocycles. The lowest BCUT2D eigenvalue weighted by molar-refractivity contribution is -0.176. The number of ether oxygens (including phenoxy) is 1. The van der Waals surface area contributed by atoms with Crippen molar-refractivity contribution in [2.24, 2.45) is 4.99 Å². The first-order valence-corrected chi connectivity index (χ1v) is 8.66. The van der Waals surface area contributed by atoms with Crippen LogP contribution in [-0.4, -0.2) is 56.7 Å². The third-order valence-electron chi connectivity index (χ3n) is 3.39. The lowest BCUT2D eigenvalue weighted by Gasteiger charge is -2.14. The molecule has 2 N–H and O–H groups in total. The fourth-order valence-electron chi connectivity index (χ4n) is 2.01. The minimum Gasteiger partial charge on any atom is -0.367 e. The Bertz CT molecular complexity index is 625. The molecule has 0 bridgehead atoms. The highest BCUT2D eigenvalue weighted by Gasteiger charge is 2.27. The average Bonchev–Trinajstić information content (AvgIpc) is 2.60. The Labute approximate surface area is 180 Å². The van der Waals surface area contributed by atoms with Crippen LogP contribution in [0.15, 0.2) is 29.3 Å². The smallest absolute Gasteiger partial charge is 0.367 e. The van der Waals surface area contributed by atoms with Crippen LogP contribution in [0.2, 0.25) is 0 Å². The second kappa shape index (κ2) is 13.6. The molecule has 0 saturated heterocycles. The van der Waals surface area contributed by atoms with Crippen molar-refractivity contribution in [1.29, 1.82) is 0 Å². The van der Waals surface area contributed by atoms with E-state index in [2.05, 4.69) is 20.4 Å². The van der Waals surface area contributed by atoms with Gasteiger partial charge >= 0.3 is 6.18 Å². The first kappa shape index (κ1) is 26.4. The van der Waals surface area contributed by atoms with E-state index < -0.39 is 12.8 Å². The Hall–Kier alpha value is -1.56. The van der Waals surface area contributed by atoms with Gasteiger partial charge in [0.25, 0.3) is 0 Å². The second-order valence-corrected chi connectivity index (χ2v) is 6.16. The van der Waals surface area contributed by atoms with Crippen molar-refractivity contribution in [3.8, 4) is 0 Å². The third-order valence-corrected chi connectivity index (χ3v) is 3.39. The number of hydrogen-bond donors (Lipinski definition) is 2. The second-order valence-electron chi connectivity index (χ2n) is 6.16. The highest BCUT2D eigenvalue weighted by molar-refractivity contribution is 14.0. The summed E-state index contributed by atoms with van der Waals surface area (Å²) >= 11 is 0. The quantitative estimate of drug-likeness (QED) is 0.301. The molecule has 0 heterocycles. The van der Waals surface area contributed by atoms with E-state index in [0.29, 0.717) is 24.6 Å². The molecule has 28 heavy (non-hydrogen) atoms. The van der Waals surface area contributed by atoms with Gasteiger partial charge in [-0.15, -0.1) is 24.0 Å². The highest BCUT2D eigenvalue weighted by atomic mass is 127. The maximum Gasteiger partial charge on any atom is 0.411 e. The van der Waals surface area contributed by atoms with Gasteiger partial charge in [0.1, 0.15) is 6.61 Å². The van der Waals surface area contributed by atoms with Crippen molar-refractivity contribution < 1.29 is 22.7 Å². The van der Waals surface area contributed by atoms with Crippen LogP contribution in [-0.2, 0) is 22.7 Å². The van der Waals surface area contributed by atoms with Crippen molar-refractivity contribution in [2.75, 3.05) is 33.8 Å². The van der Waals surface area contributed by atoms with Gasteiger partial charge in [-0.1, -0.05) is 31.2 Å². The average molecular weight is 516 g/mol. The van der Waals surface area contributed by atoms with Gasteiger partial charge < -0.3 is 20.3 Å². The summed E-state index contributed by atoms with van der Waals surface area (Å²) in [7, 11) is 3.35. The van der Waals surface area contributed by atoms with Crippen molar-refractivity contribution in [3.63, 3.8) is 0 Å². The lowest BCUT2D eigenvalue weighted by Crippen LogP contribution is -2.43. The minimum atomic E-state index is -4.34. The molecule has 0 fully saturated rings. The van der Waals surface area contributed by atoms with Gasteiger partial charge in [-0.05, 0) is 17.5 Å². The van der Waals surface area contributed by atoms with E-state index in [1.807, 2.05) is 13.0 Å². The zero-order valence-electron chi connectivity index (χ0n) is 16.3. The van der Waals surface area contributed by atoms with E-state index >= 15 is 0 Å².